The first-order chi connectivity index (χ1) is 11.9. The zero-order valence-corrected chi connectivity index (χ0v) is 13.6. The molecule has 24 heavy (non-hydrogen) atoms. The van der Waals surface area contributed by atoms with Gasteiger partial charge in [0.15, 0.2) is 5.76 Å². The molecule has 0 unspecified atom stereocenters. The Morgan fingerprint density at radius 3 is 2.21 bits per heavy atom. The zero-order valence-electron chi connectivity index (χ0n) is 13.6. The Kier molecular flexibility index (Phi) is 4.30. The molecule has 1 aliphatic heterocycles. The van der Waals surface area contributed by atoms with E-state index >= 15 is 0 Å². The van der Waals surface area contributed by atoms with E-state index in [2.05, 4.69) is 51.4 Å². The SMILES string of the molecule is c1ccc(-c2cc(CN3CCN(c4ccccc4)CC3)no2)cc1. The first-order valence-corrected chi connectivity index (χ1v) is 8.42. The van der Waals surface area contributed by atoms with Crippen LogP contribution in [0.4, 0.5) is 5.69 Å². The van der Waals surface area contributed by atoms with Crippen molar-refractivity contribution in [3.8, 4) is 11.3 Å². The lowest BCUT2D eigenvalue weighted by Gasteiger charge is -2.35. The van der Waals surface area contributed by atoms with Gasteiger partial charge in [-0.2, -0.15) is 0 Å². The van der Waals surface area contributed by atoms with Gasteiger partial charge in [0.25, 0.3) is 0 Å². The van der Waals surface area contributed by atoms with Gasteiger partial charge in [-0.25, -0.2) is 0 Å². The lowest BCUT2D eigenvalue weighted by molar-refractivity contribution is 0.242. The van der Waals surface area contributed by atoms with Crippen molar-refractivity contribution in [2.24, 2.45) is 0 Å². The van der Waals surface area contributed by atoms with Gasteiger partial charge in [0.1, 0.15) is 0 Å². The minimum Gasteiger partial charge on any atom is -0.369 e. The summed E-state index contributed by atoms with van der Waals surface area (Å²) in [4.78, 5) is 4.88. The number of hydrogen-bond donors (Lipinski definition) is 0. The van der Waals surface area contributed by atoms with E-state index in [1.54, 1.807) is 0 Å². The van der Waals surface area contributed by atoms with Crippen LogP contribution in [0, 0.1) is 0 Å². The van der Waals surface area contributed by atoms with E-state index < -0.39 is 0 Å². The smallest absolute Gasteiger partial charge is 0.167 e. The number of rotatable bonds is 4. The molecule has 0 saturated carbocycles. The van der Waals surface area contributed by atoms with Crippen molar-refractivity contribution in [3.63, 3.8) is 0 Å². The third-order valence-corrected chi connectivity index (χ3v) is 4.50. The fourth-order valence-corrected chi connectivity index (χ4v) is 3.16. The van der Waals surface area contributed by atoms with Crippen LogP contribution in [0.5, 0.6) is 0 Å². The Morgan fingerprint density at radius 2 is 1.50 bits per heavy atom. The molecule has 0 spiro atoms. The van der Waals surface area contributed by atoms with Gasteiger partial charge in [-0.3, -0.25) is 4.90 Å². The summed E-state index contributed by atoms with van der Waals surface area (Å²) in [6.07, 6.45) is 0. The molecule has 0 N–H and O–H groups in total. The van der Waals surface area contributed by atoms with Crippen molar-refractivity contribution in [2.45, 2.75) is 6.54 Å². The van der Waals surface area contributed by atoms with Crippen LogP contribution in [0.2, 0.25) is 0 Å². The number of para-hydroxylation sites is 1. The number of anilines is 1. The Hall–Kier alpha value is -2.59. The van der Waals surface area contributed by atoms with Crippen LogP contribution in [0.3, 0.4) is 0 Å². The second-order valence-electron chi connectivity index (χ2n) is 6.15. The van der Waals surface area contributed by atoms with E-state index in [-0.39, 0.29) is 0 Å². The summed E-state index contributed by atoms with van der Waals surface area (Å²) in [6.45, 7) is 5.03. The molecule has 0 radical (unpaired) electrons. The summed E-state index contributed by atoms with van der Waals surface area (Å²) in [6, 6.07) is 22.8. The molecule has 4 heteroatoms. The standard InChI is InChI=1S/C20H21N3O/c1-3-7-17(8-4-1)20-15-18(21-24-20)16-22-11-13-23(14-12-22)19-9-5-2-6-10-19/h1-10,15H,11-14,16H2. The highest BCUT2D eigenvalue weighted by Gasteiger charge is 2.18. The molecule has 0 amide bonds. The van der Waals surface area contributed by atoms with Crippen molar-refractivity contribution in [1.29, 1.82) is 0 Å². The molecule has 4 nitrogen and oxygen atoms in total. The second kappa shape index (κ2) is 6.89. The van der Waals surface area contributed by atoms with E-state index in [0.717, 1.165) is 49.7 Å². The molecule has 1 aliphatic rings. The summed E-state index contributed by atoms with van der Waals surface area (Å²) >= 11 is 0. The maximum atomic E-state index is 5.50. The van der Waals surface area contributed by atoms with Crippen molar-refractivity contribution in [2.75, 3.05) is 31.1 Å². The molecule has 0 bridgehead atoms. The highest BCUT2D eigenvalue weighted by atomic mass is 16.5. The van der Waals surface area contributed by atoms with Gasteiger partial charge >= 0.3 is 0 Å². The first-order valence-electron chi connectivity index (χ1n) is 8.42. The molecule has 1 fully saturated rings. The van der Waals surface area contributed by atoms with Crippen LogP contribution in [-0.4, -0.2) is 36.2 Å². The summed E-state index contributed by atoms with van der Waals surface area (Å²) in [5, 5.41) is 4.23. The Balaban J connectivity index is 1.35. The van der Waals surface area contributed by atoms with Gasteiger partial charge in [0.2, 0.25) is 0 Å². The van der Waals surface area contributed by atoms with Gasteiger partial charge in [-0.15, -0.1) is 0 Å². The van der Waals surface area contributed by atoms with E-state index in [0.29, 0.717) is 0 Å². The topological polar surface area (TPSA) is 32.5 Å². The van der Waals surface area contributed by atoms with Gasteiger partial charge in [-0.05, 0) is 12.1 Å². The average molecular weight is 319 g/mol. The highest BCUT2D eigenvalue weighted by Crippen LogP contribution is 2.21. The van der Waals surface area contributed by atoms with E-state index in [1.165, 1.54) is 5.69 Å². The minimum absolute atomic E-state index is 0.841. The molecule has 1 saturated heterocycles. The van der Waals surface area contributed by atoms with E-state index in [4.69, 9.17) is 4.52 Å². The molecule has 122 valence electrons. The molecular formula is C20H21N3O. The number of piperazine rings is 1. The van der Waals surface area contributed by atoms with Crippen molar-refractivity contribution in [1.82, 2.24) is 10.1 Å². The molecule has 2 aromatic carbocycles. The lowest BCUT2D eigenvalue weighted by atomic mass is 10.1. The summed E-state index contributed by atoms with van der Waals surface area (Å²) in [5.41, 5.74) is 3.39. The fourth-order valence-electron chi connectivity index (χ4n) is 3.16. The molecule has 4 rings (SSSR count). The number of benzene rings is 2. The predicted octanol–water partition coefficient (Wildman–Crippen LogP) is 3.66. The second-order valence-corrected chi connectivity index (χ2v) is 6.15. The van der Waals surface area contributed by atoms with Crippen LogP contribution in [0.1, 0.15) is 5.69 Å². The number of aromatic nitrogens is 1. The van der Waals surface area contributed by atoms with Gasteiger partial charge in [-0.1, -0.05) is 53.7 Å². The van der Waals surface area contributed by atoms with Crippen molar-refractivity contribution in [3.05, 3.63) is 72.4 Å². The largest absolute Gasteiger partial charge is 0.369 e. The van der Waals surface area contributed by atoms with Crippen LogP contribution in [-0.2, 0) is 6.54 Å². The van der Waals surface area contributed by atoms with Gasteiger partial charge in [0.05, 0.1) is 5.69 Å². The normalized spacial score (nSPS) is 15.6. The van der Waals surface area contributed by atoms with E-state index in [1.807, 2.05) is 30.3 Å². The Labute approximate surface area is 142 Å². The maximum absolute atomic E-state index is 5.50. The summed E-state index contributed by atoms with van der Waals surface area (Å²) in [5.74, 6) is 0.841. The Morgan fingerprint density at radius 1 is 0.833 bits per heavy atom. The van der Waals surface area contributed by atoms with Crippen LogP contribution < -0.4 is 4.90 Å². The molecule has 0 atom stereocenters. The number of nitrogens with zero attached hydrogens (tertiary/aromatic N) is 3. The quantitative estimate of drug-likeness (QED) is 0.734. The molecular weight excluding hydrogens is 298 g/mol. The highest BCUT2D eigenvalue weighted by molar-refractivity contribution is 5.56. The summed E-state index contributed by atoms with van der Waals surface area (Å²) < 4.78 is 5.50. The molecule has 1 aromatic heterocycles. The third-order valence-electron chi connectivity index (χ3n) is 4.50. The van der Waals surface area contributed by atoms with Crippen LogP contribution in [0.25, 0.3) is 11.3 Å². The van der Waals surface area contributed by atoms with Crippen molar-refractivity contribution < 1.29 is 4.52 Å². The van der Waals surface area contributed by atoms with Crippen LogP contribution >= 0.6 is 0 Å². The monoisotopic (exact) mass is 319 g/mol. The maximum Gasteiger partial charge on any atom is 0.167 e. The molecule has 3 aromatic rings. The third kappa shape index (κ3) is 3.34. The first kappa shape index (κ1) is 15.0. The van der Waals surface area contributed by atoms with Crippen molar-refractivity contribution >= 4 is 5.69 Å². The zero-order chi connectivity index (χ0) is 16.2. The fraction of sp³-hybridized carbons (Fsp3) is 0.250. The molecule has 0 aliphatic carbocycles. The summed E-state index contributed by atoms with van der Waals surface area (Å²) in [7, 11) is 0. The van der Waals surface area contributed by atoms with Crippen LogP contribution in [0.15, 0.2) is 71.3 Å². The lowest BCUT2D eigenvalue weighted by Crippen LogP contribution is -2.46. The predicted molar refractivity (Wildman–Crippen MR) is 95.9 cm³/mol. The number of hydrogen-bond acceptors (Lipinski definition) is 4. The van der Waals surface area contributed by atoms with Gasteiger partial charge in [0, 0.05) is 50.0 Å². The minimum atomic E-state index is 0.841. The molecule has 2 heterocycles. The Bertz CT molecular complexity index is 762. The van der Waals surface area contributed by atoms with E-state index in [9.17, 15) is 0 Å². The van der Waals surface area contributed by atoms with Gasteiger partial charge < -0.3 is 9.42 Å². The average Bonchev–Trinajstić information content (AvgIpc) is 3.12.